The highest BCUT2D eigenvalue weighted by atomic mass is 35.5. The van der Waals surface area contributed by atoms with E-state index >= 15 is 0 Å². The molecule has 0 spiro atoms. The van der Waals surface area contributed by atoms with Gasteiger partial charge in [0.1, 0.15) is 5.70 Å². The minimum absolute atomic E-state index is 0.0688. The van der Waals surface area contributed by atoms with Gasteiger partial charge in [-0.1, -0.05) is 13.0 Å². The fraction of sp³-hybridized carbons (Fsp3) is 0.545. The molecule has 4 N–H and O–H groups in total. The van der Waals surface area contributed by atoms with Crippen LogP contribution >= 0.6 is 23.4 Å². The third-order valence-electron chi connectivity index (χ3n) is 6.65. The van der Waals surface area contributed by atoms with E-state index in [0.29, 0.717) is 19.5 Å². The summed E-state index contributed by atoms with van der Waals surface area (Å²) in [6.07, 6.45) is 4.05. The molecule has 0 saturated carbocycles. The Morgan fingerprint density at radius 1 is 1.41 bits per heavy atom. The summed E-state index contributed by atoms with van der Waals surface area (Å²) >= 11 is 7.53. The van der Waals surface area contributed by atoms with Crippen LogP contribution in [0, 0.1) is 11.8 Å². The Morgan fingerprint density at radius 3 is 2.69 bits per heavy atom. The van der Waals surface area contributed by atoms with Crippen molar-refractivity contribution in [1.82, 2.24) is 10.2 Å². The van der Waals surface area contributed by atoms with Crippen molar-refractivity contribution in [3.63, 3.8) is 0 Å². The number of fused-ring (bicyclic) bond motifs is 1. The predicted molar refractivity (Wildman–Crippen MR) is 120 cm³/mol. The Morgan fingerprint density at radius 2 is 2.09 bits per heavy atom. The van der Waals surface area contributed by atoms with Gasteiger partial charge in [0.15, 0.2) is 18.9 Å². The van der Waals surface area contributed by atoms with Crippen molar-refractivity contribution in [2.24, 2.45) is 17.6 Å². The van der Waals surface area contributed by atoms with E-state index in [1.54, 1.807) is 18.7 Å². The maximum atomic E-state index is 12.7. The lowest BCUT2D eigenvalue weighted by Crippen LogP contribution is -2.63. The van der Waals surface area contributed by atoms with Crippen LogP contribution < -0.4 is 15.6 Å². The molecule has 0 aliphatic carbocycles. The number of pyridine rings is 1. The molecule has 2 fully saturated rings. The summed E-state index contributed by atoms with van der Waals surface area (Å²) in [5.74, 6) is -1.31. The lowest BCUT2D eigenvalue weighted by molar-refractivity contribution is -0.700. The van der Waals surface area contributed by atoms with Crippen LogP contribution in [-0.2, 0) is 20.9 Å². The average Bonchev–Trinajstić information content (AvgIpc) is 3.19. The largest absolute Gasteiger partial charge is 0.393 e. The number of rotatable bonds is 8. The van der Waals surface area contributed by atoms with Gasteiger partial charge in [0.05, 0.1) is 22.8 Å². The Labute approximate surface area is 196 Å². The Balaban J connectivity index is 1.68. The highest BCUT2D eigenvalue weighted by Crippen LogP contribution is 2.54. The second-order valence-electron chi connectivity index (χ2n) is 9.03. The molecule has 2 amide bonds. The molecule has 0 radical (unpaired) electrons. The number of hydrogen-bond donors (Lipinski definition) is 3. The number of carbonyl (C=O) groups is 3. The van der Waals surface area contributed by atoms with E-state index in [-0.39, 0.29) is 46.7 Å². The Bertz CT molecular complexity index is 972. The number of primary amides is 1. The Kier molecular flexibility index (Phi) is 6.37. The molecular formula is C22H28ClN4O4S+. The van der Waals surface area contributed by atoms with Crippen LogP contribution in [0.5, 0.6) is 0 Å². The molecule has 4 rings (SSSR count). The number of aliphatic hydroxyl groups excluding tert-OH is 1. The molecule has 3 aliphatic rings. The summed E-state index contributed by atoms with van der Waals surface area (Å²) in [7, 11) is 0. The van der Waals surface area contributed by atoms with Gasteiger partial charge in [-0.25, -0.2) is 4.57 Å². The Hall–Kier alpha value is -1.94. The first-order valence-electron chi connectivity index (χ1n) is 10.7. The molecule has 172 valence electrons. The van der Waals surface area contributed by atoms with E-state index in [4.69, 9.17) is 17.3 Å². The molecular weight excluding hydrogens is 452 g/mol. The minimum Gasteiger partial charge on any atom is -0.393 e. The molecule has 1 unspecified atom stereocenters. The number of amides is 2. The number of nitrogens with zero attached hydrogens (tertiary/aromatic N) is 2. The second kappa shape index (κ2) is 8.78. The molecule has 10 heteroatoms. The fourth-order valence-corrected chi connectivity index (χ4v) is 7.27. The van der Waals surface area contributed by atoms with E-state index < -0.39 is 17.3 Å². The third-order valence-corrected chi connectivity index (χ3v) is 8.49. The number of allylic oxidation sites excluding steroid dienone is 1. The molecule has 3 aliphatic heterocycles. The number of halogens is 1. The number of nitrogens with two attached hydrogens (primary N) is 1. The lowest BCUT2D eigenvalue weighted by atomic mass is 9.79. The number of nitrogens with one attached hydrogen (secondary N) is 1. The van der Waals surface area contributed by atoms with E-state index in [1.165, 1.54) is 4.90 Å². The van der Waals surface area contributed by atoms with Crippen molar-refractivity contribution in [3.8, 4) is 0 Å². The van der Waals surface area contributed by atoms with Gasteiger partial charge >= 0.3 is 0 Å². The third kappa shape index (κ3) is 4.07. The van der Waals surface area contributed by atoms with Gasteiger partial charge in [-0.05, 0) is 24.9 Å². The molecule has 32 heavy (non-hydrogen) atoms. The predicted octanol–water partition coefficient (Wildman–Crippen LogP) is 0.518. The first-order valence-corrected chi connectivity index (χ1v) is 11.9. The second-order valence-corrected chi connectivity index (χ2v) is 10.9. The van der Waals surface area contributed by atoms with Crippen molar-refractivity contribution in [3.05, 3.63) is 41.2 Å². The van der Waals surface area contributed by atoms with E-state index in [0.717, 1.165) is 4.91 Å². The molecule has 1 aromatic heterocycles. The van der Waals surface area contributed by atoms with E-state index in [2.05, 4.69) is 9.88 Å². The van der Waals surface area contributed by atoms with Crippen LogP contribution in [0.4, 0.5) is 0 Å². The summed E-state index contributed by atoms with van der Waals surface area (Å²) in [6, 6.07) is 5.49. The highest BCUT2D eigenvalue weighted by molar-refractivity contribution is 8.04. The van der Waals surface area contributed by atoms with Crippen LogP contribution in [-0.4, -0.2) is 56.5 Å². The molecule has 8 nitrogen and oxygen atoms in total. The number of aliphatic hydroxyl groups is 1. The SMILES string of the molecule is C[C@@H](O)[C@H]1C(=O)N2C(C(=O)Cl)=C(S[C@]3(C[n+]4ccccc4)CNC(CC(N)=O)C3)[C@H](C)[C@H]12. The van der Waals surface area contributed by atoms with Crippen molar-refractivity contribution < 1.29 is 24.1 Å². The lowest BCUT2D eigenvalue weighted by Gasteiger charge is -2.46. The summed E-state index contributed by atoms with van der Waals surface area (Å²) in [5, 5.41) is 12.9. The van der Waals surface area contributed by atoms with Crippen LogP contribution in [0.25, 0.3) is 0 Å². The summed E-state index contributed by atoms with van der Waals surface area (Å²) in [4.78, 5) is 38.9. The first-order chi connectivity index (χ1) is 15.1. The smallest absolute Gasteiger partial charge is 0.269 e. The van der Waals surface area contributed by atoms with Gasteiger partial charge in [0.2, 0.25) is 11.8 Å². The topological polar surface area (TPSA) is 117 Å². The molecule has 4 heterocycles. The summed E-state index contributed by atoms with van der Waals surface area (Å²) in [6.45, 7) is 4.82. The van der Waals surface area contributed by atoms with Gasteiger partial charge in [-0.2, -0.15) is 0 Å². The van der Waals surface area contributed by atoms with Crippen molar-refractivity contribution in [2.75, 3.05) is 6.54 Å². The fourth-order valence-electron chi connectivity index (χ4n) is 5.29. The zero-order chi connectivity index (χ0) is 23.2. The maximum Gasteiger partial charge on any atom is 0.269 e. The van der Waals surface area contributed by atoms with Gasteiger partial charge < -0.3 is 21.1 Å². The summed E-state index contributed by atoms with van der Waals surface area (Å²) < 4.78 is 1.70. The first kappa shape index (κ1) is 23.2. The van der Waals surface area contributed by atoms with Gasteiger partial charge in [-0.3, -0.25) is 14.4 Å². The number of carbonyl (C=O) groups excluding carboxylic acids is 3. The van der Waals surface area contributed by atoms with E-state index in [1.807, 2.05) is 37.5 Å². The van der Waals surface area contributed by atoms with Crippen LogP contribution in [0.15, 0.2) is 41.2 Å². The molecule has 6 atom stereocenters. The van der Waals surface area contributed by atoms with Crippen LogP contribution in [0.2, 0.25) is 0 Å². The average molecular weight is 480 g/mol. The molecule has 2 saturated heterocycles. The molecule has 0 aromatic carbocycles. The van der Waals surface area contributed by atoms with Crippen LogP contribution in [0.1, 0.15) is 26.7 Å². The quantitative estimate of drug-likeness (QED) is 0.284. The van der Waals surface area contributed by atoms with Gasteiger partial charge in [-0.15, -0.1) is 11.8 Å². The zero-order valence-corrected chi connectivity index (χ0v) is 19.6. The van der Waals surface area contributed by atoms with E-state index in [9.17, 15) is 19.5 Å². The zero-order valence-electron chi connectivity index (χ0n) is 18.0. The number of aromatic nitrogens is 1. The van der Waals surface area contributed by atoms with Gasteiger partial charge in [0, 0.05) is 42.0 Å². The van der Waals surface area contributed by atoms with Crippen molar-refractivity contribution in [2.45, 2.75) is 56.2 Å². The summed E-state index contributed by atoms with van der Waals surface area (Å²) in [5.41, 5.74) is 5.66. The number of β-lactam (4-membered cyclic amide) rings is 1. The van der Waals surface area contributed by atoms with Gasteiger partial charge in [0.25, 0.3) is 5.24 Å². The monoisotopic (exact) mass is 479 g/mol. The highest BCUT2D eigenvalue weighted by Gasteiger charge is 2.61. The minimum atomic E-state index is -0.802. The van der Waals surface area contributed by atoms with Crippen molar-refractivity contribution >= 4 is 40.4 Å². The van der Waals surface area contributed by atoms with Crippen molar-refractivity contribution in [1.29, 1.82) is 0 Å². The number of thioether (sulfide) groups is 1. The maximum absolute atomic E-state index is 12.7. The standard InChI is InChI=1S/C22H27ClN4O4S/c1-12-17-16(13(2)28)21(31)27(17)18(20(23)30)19(12)32-22(11-26-6-4-3-5-7-26)9-14(25-10-22)8-15(24)29/h3-7,12-14,16-17,25,28H,8-11H2,1-2H3,(H-,24,29)/p+1/t12-,13-,14?,16-,17-,22+/m1/s1. The number of hydrogen-bond acceptors (Lipinski definition) is 6. The normalized spacial score (nSPS) is 32.6. The van der Waals surface area contributed by atoms with Crippen LogP contribution in [0.3, 0.4) is 0 Å². The molecule has 1 aromatic rings. The molecule has 0 bridgehead atoms.